The Morgan fingerprint density at radius 3 is 2.47 bits per heavy atom. The molecule has 2 rings (SSSR count). The van der Waals surface area contributed by atoms with E-state index in [9.17, 15) is 0 Å². The fourth-order valence-corrected chi connectivity index (χ4v) is 2.44. The number of rotatable bonds is 4. The van der Waals surface area contributed by atoms with Gasteiger partial charge in [-0.05, 0) is 67.5 Å². The number of aromatic nitrogens is 3. The van der Waals surface area contributed by atoms with Gasteiger partial charge in [0.1, 0.15) is 5.69 Å². The van der Waals surface area contributed by atoms with E-state index >= 15 is 0 Å². The van der Waals surface area contributed by atoms with Crippen LogP contribution in [0.1, 0.15) is 17.0 Å². The van der Waals surface area contributed by atoms with Gasteiger partial charge in [-0.15, -0.1) is 0 Å². The molecule has 2 aromatic rings. The fourth-order valence-electron chi connectivity index (χ4n) is 2.01. The first kappa shape index (κ1) is 14.1. The van der Waals surface area contributed by atoms with Crippen LogP contribution in [0.5, 0.6) is 0 Å². The zero-order valence-corrected chi connectivity index (χ0v) is 13.0. The van der Waals surface area contributed by atoms with Crippen LogP contribution in [0.4, 0.5) is 0 Å². The summed E-state index contributed by atoms with van der Waals surface area (Å²) in [5, 5.41) is 3.15. The minimum atomic E-state index is 0.677. The molecule has 2 heterocycles. The topological polar surface area (TPSA) is 50.7 Å². The Kier molecular flexibility index (Phi) is 4.61. The van der Waals surface area contributed by atoms with Crippen LogP contribution in [0, 0.1) is 13.8 Å². The first-order valence-corrected chi connectivity index (χ1v) is 7.02. The van der Waals surface area contributed by atoms with Crippen LogP contribution in [-0.2, 0) is 6.42 Å². The lowest BCUT2D eigenvalue weighted by atomic mass is 10.1. The molecule has 100 valence electrons. The third-order valence-electron chi connectivity index (χ3n) is 3.02. The molecule has 0 aromatic carbocycles. The lowest BCUT2D eigenvalue weighted by Crippen LogP contribution is -2.13. The summed E-state index contributed by atoms with van der Waals surface area (Å²) < 4.78 is 0.914. The van der Waals surface area contributed by atoms with E-state index in [-0.39, 0.29) is 0 Å². The molecule has 19 heavy (non-hydrogen) atoms. The summed E-state index contributed by atoms with van der Waals surface area (Å²) in [7, 11) is 1.95. The van der Waals surface area contributed by atoms with Crippen molar-refractivity contribution in [1.82, 2.24) is 20.3 Å². The Morgan fingerprint density at radius 1 is 1.21 bits per heavy atom. The number of hydrogen-bond acceptors (Lipinski definition) is 4. The largest absolute Gasteiger partial charge is 0.319 e. The number of hydrogen-bond donors (Lipinski definition) is 1. The minimum absolute atomic E-state index is 0.677. The minimum Gasteiger partial charge on any atom is -0.319 e. The van der Waals surface area contributed by atoms with Gasteiger partial charge in [0.2, 0.25) is 0 Å². The molecular weight excluding hydrogens is 304 g/mol. The normalized spacial score (nSPS) is 10.7. The van der Waals surface area contributed by atoms with Crippen molar-refractivity contribution in [3.8, 4) is 11.5 Å². The van der Waals surface area contributed by atoms with Gasteiger partial charge >= 0.3 is 0 Å². The molecule has 0 radical (unpaired) electrons. The summed E-state index contributed by atoms with van der Waals surface area (Å²) in [5.74, 6) is 0.677. The number of nitrogens with one attached hydrogen (secondary N) is 1. The molecule has 0 aliphatic carbocycles. The quantitative estimate of drug-likeness (QED) is 0.941. The molecular formula is C14H17BrN4. The molecule has 0 amide bonds. The van der Waals surface area contributed by atoms with Gasteiger partial charge in [-0.25, -0.2) is 9.97 Å². The molecule has 0 aliphatic heterocycles. The van der Waals surface area contributed by atoms with Crippen molar-refractivity contribution in [2.45, 2.75) is 20.3 Å². The van der Waals surface area contributed by atoms with Crippen molar-refractivity contribution >= 4 is 15.9 Å². The van der Waals surface area contributed by atoms with Crippen LogP contribution in [-0.4, -0.2) is 28.5 Å². The maximum Gasteiger partial charge on any atom is 0.179 e. The highest BCUT2D eigenvalue weighted by Crippen LogP contribution is 2.24. The molecule has 1 N–H and O–H groups in total. The number of nitrogens with zero attached hydrogens (tertiary/aromatic N) is 3. The van der Waals surface area contributed by atoms with Crippen molar-refractivity contribution in [3.63, 3.8) is 0 Å². The summed E-state index contributed by atoms with van der Waals surface area (Å²) >= 11 is 3.49. The smallest absolute Gasteiger partial charge is 0.179 e. The van der Waals surface area contributed by atoms with Gasteiger partial charge in [-0.3, -0.25) is 4.98 Å². The molecule has 0 saturated carbocycles. The molecule has 0 spiro atoms. The molecule has 0 atom stereocenters. The van der Waals surface area contributed by atoms with Gasteiger partial charge in [0.15, 0.2) is 5.82 Å². The number of halogens is 1. The summed E-state index contributed by atoms with van der Waals surface area (Å²) in [5.41, 5.74) is 4.05. The van der Waals surface area contributed by atoms with Gasteiger partial charge in [0.25, 0.3) is 0 Å². The molecule has 2 aromatic heterocycles. The van der Waals surface area contributed by atoms with Gasteiger partial charge in [0.05, 0.1) is 0 Å². The molecule has 0 saturated heterocycles. The highest BCUT2D eigenvalue weighted by Gasteiger charge is 2.12. The van der Waals surface area contributed by atoms with E-state index in [1.807, 2.05) is 33.0 Å². The summed E-state index contributed by atoms with van der Waals surface area (Å²) in [4.78, 5) is 13.5. The monoisotopic (exact) mass is 320 g/mol. The second-order valence-corrected chi connectivity index (χ2v) is 5.24. The Labute approximate surface area is 121 Å². The lowest BCUT2D eigenvalue weighted by molar-refractivity contribution is 0.774. The third-order valence-corrected chi connectivity index (χ3v) is 3.66. The Hall–Kier alpha value is -1.33. The van der Waals surface area contributed by atoms with Crippen LogP contribution < -0.4 is 5.32 Å². The maximum atomic E-state index is 4.59. The van der Waals surface area contributed by atoms with Gasteiger partial charge in [-0.2, -0.15) is 0 Å². The van der Waals surface area contributed by atoms with E-state index in [1.54, 1.807) is 6.20 Å². The Morgan fingerprint density at radius 2 is 1.89 bits per heavy atom. The van der Waals surface area contributed by atoms with E-state index < -0.39 is 0 Å². The average molecular weight is 321 g/mol. The lowest BCUT2D eigenvalue weighted by Gasteiger charge is -2.11. The molecule has 0 fully saturated rings. The Bertz CT molecular complexity index is 560. The molecule has 4 nitrogen and oxygen atoms in total. The average Bonchev–Trinajstić information content (AvgIpc) is 2.38. The van der Waals surface area contributed by atoms with E-state index in [0.29, 0.717) is 5.82 Å². The van der Waals surface area contributed by atoms with Crippen molar-refractivity contribution in [2.24, 2.45) is 0 Å². The fraction of sp³-hybridized carbons (Fsp3) is 0.357. The standard InChI is InChI=1S/C14H17BrN4/c1-9-11(6-8-16-3)10(2)19-14(18-9)13-12(15)5-4-7-17-13/h4-5,7,16H,6,8H2,1-3H3. The number of aryl methyl sites for hydroxylation is 2. The summed E-state index contributed by atoms with van der Waals surface area (Å²) in [6.07, 6.45) is 2.70. The van der Waals surface area contributed by atoms with Crippen LogP contribution in [0.25, 0.3) is 11.5 Å². The predicted octanol–water partition coefficient (Wildman–Crippen LogP) is 2.68. The first-order valence-electron chi connectivity index (χ1n) is 6.23. The second kappa shape index (κ2) is 6.21. The second-order valence-electron chi connectivity index (χ2n) is 4.38. The first-order chi connectivity index (χ1) is 9.13. The zero-order chi connectivity index (χ0) is 13.8. The highest BCUT2D eigenvalue weighted by molar-refractivity contribution is 9.10. The van der Waals surface area contributed by atoms with Crippen molar-refractivity contribution in [1.29, 1.82) is 0 Å². The Balaban J connectivity index is 2.43. The van der Waals surface area contributed by atoms with Gasteiger partial charge in [-0.1, -0.05) is 0 Å². The van der Waals surface area contributed by atoms with E-state index in [4.69, 9.17) is 0 Å². The number of pyridine rings is 1. The van der Waals surface area contributed by atoms with E-state index in [1.165, 1.54) is 5.56 Å². The summed E-state index contributed by atoms with van der Waals surface area (Å²) in [6.45, 7) is 4.98. The van der Waals surface area contributed by atoms with E-state index in [2.05, 4.69) is 36.2 Å². The molecule has 0 unspecified atom stereocenters. The maximum absolute atomic E-state index is 4.59. The van der Waals surface area contributed by atoms with Gasteiger partial charge in [0, 0.05) is 22.1 Å². The number of likely N-dealkylation sites (N-methyl/N-ethyl adjacent to an activating group) is 1. The van der Waals surface area contributed by atoms with Crippen LogP contribution in [0.2, 0.25) is 0 Å². The molecule has 0 bridgehead atoms. The highest BCUT2D eigenvalue weighted by atomic mass is 79.9. The molecule has 0 aliphatic rings. The zero-order valence-electron chi connectivity index (χ0n) is 11.4. The van der Waals surface area contributed by atoms with Crippen molar-refractivity contribution in [3.05, 3.63) is 39.8 Å². The predicted molar refractivity (Wildman–Crippen MR) is 80.1 cm³/mol. The van der Waals surface area contributed by atoms with Crippen LogP contribution >= 0.6 is 15.9 Å². The van der Waals surface area contributed by atoms with E-state index in [0.717, 1.165) is 34.5 Å². The SMILES string of the molecule is CNCCc1c(C)nc(-c2ncccc2Br)nc1C. The summed E-state index contributed by atoms with van der Waals surface area (Å²) in [6, 6.07) is 3.83. The van der Waals surface area contributed by atoms with Gasteiger partial charge < -0.3 is 5.32 Å². The van der Waals surface area contributed by atoms with Crippen molar-refractivity contribution in [2.75, 3.05) is 13.6 Å². The molecule has 5 heteroatoms. The van der Waals surface area contributed by atoms with Crippen LogP contribution in [0.3, 0.4) is 0 Å². The third kappa shape index (κ3) is 3.16. The van der Waals surface area contributed by atoms with Crippen molar-refractivity contribution < 1.29 is 0 Å². The van der Waals surface area contributed by atoms with Crippen LogP contribution in [0.15, 0.2) is 22.8 Å².